The van der Waals surface area contributed by atoms with E-state index in [0.29, 0.717) is 22.1 Å². The highest BCUT2D eigenvalue weighted by atomic mass is 32.2. The molecule has 7 heteroatoms. The largest absolute Gasteiger partial charge is 0.507 e. The third kappa shape index (κ3) is 3.18. The van der Waals surface area contributed by atoms with Crippen LogP contribution in [0.15, 0.2) is 22.0 Å². The molecule has 132 valence electrons. The summed E-state index contributed by atoms with van der Waals surface area (Å²) in [6, 6.07) is 3.05. The van der Waals surface area contributed by atoms with Crippen LogP contribution in [0.5, 0.6) is 5.75 Å². The molecule has 1 atom stereocenters. The molecule has 0 spiro atoms. The number of fused-ring (bicyclic) bond motifs is 1. The minimum atomic E-state index is -0.434. The maximum absolute atomic E-state index is 13.6. The summed E-state index contributed by atoms with van der Waals surface area (Å²) in [6.07, 6.45) is 3.96. The van der Waals surface area contributed by atoms with Gasteiger partial charge >= 0.3 is 0 Å². The van der Waals surface area contributed by atoms with E-state index in [1.807, 2.05) is 0 Å². The van der Waals surface area contributed by atoms with Gasteiger partial charge in [0.2, 0.25) is 0 Å². The Morgan fingerprint density at radius 1 is 1.36 bits per heavy atom. The van der Waals surface area contributed by atoms with Gasteiger partial charge in [-0.1, -0.05) is 0 Å². The van der Waals surface area contributed by atoms with E-state index in [4.69, 9.17) is 0 Å². The number of hydrogen-bond acceptors (Lipinski definition) is 5. The number of halogens is 1. The van der Waals surface area contributed by atoms with E-state index in [-0.39, 0.29) is 11.7 Å². The zero-order chi connectivity index (χ0) is 17.6. The maximum Gasteiger partial charge on any atom is 0.286 e. The van der Waals surface area contributed by atoms with Crippen LogP contribution in [0.2, 0.25) is 0 Å². The summed E-state index contributed by atoms with van der Waals surface area (Å²) < 4.78 is 13.6. The van der Waals surface area contributed by atoms with Gasteiger partial charge in [-0.2, -0.15) is 4.99 Å². The van der Waals surface area contributed by atoms with E-state index in [1.54, 1.807) is 6.92 Å². The number of piperazine rings is 1. The van der Waals surface area contributed by atoms with Gasteiger partial charge < -0.3 is 10.0 Å². The smallest absolute Gasteiger partial charge is 0.286 e. The zero-order valence-electron chi connectivity index (χ0n) is 14.0. The van der Waals surface area contributed by atoms with Gasteiger partial charge in [0.05, 0.1) is 4.91 Å². The van der Waals surface area contributed by atoms with Crippen molar-refractivity contribution in [2.75, 3.05) is 26.2 Å². The van der Waals surface area contributed by atoms with Crippen LogP contribution in [0.4, 0.5) is 4.39 Å². The molecule has 3 aliphatic heterocycles. The first kappa shape index (κ1) is 16.6. The first-order valence-electron chi connectivity index (χ1n) is 8.52. The molecule has 1 amide bonds. The highest BCUT2D eigenvalue weighted by molar-refractivity contribution is 8.18. The lowest BCUT2D eigenvalue weighted by Gasteiger charge is -2.38. The number of hydrogen-bond donors (Lipinski definition) is 1. The molecule has 25 heavy (non-hydrogen) atoms. The second kappa shape index (κ2) is 6.46. The zero-order valence-corrected chi connectivity index (χ0v) is 14.9. The molecule has 0 radical (unpaired) electrons. The quantitative estimate of drug-likeness (QED) is 0.779. The number of phenolic OH excluding ortho intramolecular Hbond substituents is 1. The van der Waals surface area contributed by atoms with Crippen molar-refractivity contribution in [1.29, 1.82) is 0 Å². The minimum absolute atomic E-state index is 0.00433. The van der Waals surface area contributed by atoms with Crippen molar-refractivity contribution in [2.45, 2.75) is 25.8 Å². The average Bonchev–Trinajstić information content (AvgIpc) is 3.18. The number of amides is 1. The van der Waals surface area contributed by atoms with Crippen LogP contribution >= 0.6 is 11.8 Å². The molecule has 3 aliphatic rings. The van der Waals surface area contributed by atoms with Crippen molar-refractivity contribution in [1.82, 2.24) is 9.80 Å². The Kier molecular flexibility index (Phi) is 4.29. The number of thioether (sulfide) groups is 1. The number of rotatable bonds is 1. The van der Waals surface area contributed by atoms with E-state index >= 15 is 0 Å². The van der Waals surface area contributed by atoms with Crippen LogP contribution in [0.3, 0.4) is 0 Å². The second-order valence-corrected chi connectivity index (χ2v) is 7.76. The molecule has 3 heterocycles. The Bertz CT molecular complexity index is 793. The number of carbonyl (C=O) groups excluding carboxylic acids is 1. The number of aryl methyl sites for hydroxylation is 1. The standard InChI is InChI=1S/C18H20FN3O2S/c1-11-7-13(19)8-12(16(11)23)9-15-17(24)20-18(25-15)22-6-5-21-4-2-3-14(21)10-22/h7-9,14,23H,2-6,10H2,1H3/b15-9-/t14-/m0/s1. The van der Waals surface area contributed by atoms with Crippen LogP contribution in [0, 0.1) is 12.7 Å². The van der Waals surface area contributed by atoms with Gasteiger partial charge in [-0.25, -0.2) is 4.39 Å². The molecule has 4 rings (SSSR count). The monoisotopic (exact) mass is 361 g/mol. The summed E-state index contributed by atoms with van der Waals surface area (Å²) in [6.45, 7) is 5.57. The van der Waals surface area contributed by atoms with E-state index in [9.17, 15) is 14.3 Å². The van der Waals surface area contributed by atoms with Gasteiger partial charge in [-0.05, 0) is 61.8 Å². The first-order chi connectivity index (χ1) is 12.0. The predicted molar refractivity (Wildman–Crippen MR) is 97.0 cm³/mol. The highest BCUT2D eigenvalue weighted by Gasteiger charge is 2.34. The summed E-state index contributed by atoms with van der Waals surface area (Å²) >= 11 is 1.31. The van der Waals surface area contributed by atoms with Gasteiger partial charge in [0, 0.05) is 31.2 Å². The van der Waals surface area contributed by atoms with E-state index < -0.39 is 5.82 Å². The van der Waals surface area contributed by atoms with Gasteiger partial charge in [-0.3, -0.25) is 9.69 Å². The van der Waals surface area contributed by atoms with Crippen molar-refractivity contribution < 1.29 is 14.3 Å². The van der Waals surface area contributed by atoms with Gasteiger partial charge in [0.1, 0.15) is 11.6 Å². The topological polar surface area (TPSA) is 56.1 Å². The van der Waals surface area contributed by atoms with Crippen molar-refractivity contribution >= 4 is 28.9 Å². The van der Waals surface area contributed by atoms with Crippen LogP contribution in [0.1, 0.15) is 24.0 Å². The maximum atomic E-state index is 13.6. The molecule has 0 bridgehead atoms. The van der Waals surface area contributed by atoms with Crippen LogP contribution in [-0.2, 0) is 4.79 Å². The number of benzene rings is 1. The van der Waals surface area contributed by atoms with Gasteiger partial charge in [0.15, 0.2) is 5.17 Å². The molecule has 2 saturated heterocycles. The van der Waals surface area contributed by atoms with Gasteiger partial charge in [-0.15, -0.1) is 0 Å². The Hall–Kier alpha value is -1.86. The molecule has 0 saturated carbocycles. The van der Waals surface area contributed by atoms with E-state index in [0.717, 1.165) is 24.8 Å². The number of amidine groups is 1. The fourth-order valence-corrected chi connectivity index (χ4v) is 4.65. The molecule has 5 nitrogen and oxygen atoms in total. The summed E-state index contributed by atoms with van der Waals surface area (Å²) in [5.74, 6) is -0.762. The first-order valence-corrected chi connectivity index (χ1v) is 9.33. The van der Waals surface area contributed by atoms with E-state index in [1.165, 1.54) is 49.4 Å². The number of nitrogens with zero attached hydrogens (tertiary/aromatic N) is 3. The molecule has 1 aromatic rings. The molecule has 1 aromatic carbocycles. The molecule has 0 aromatic heterocycles. The molecular formula is C18H20FN3O2S. The number of aliphatic imine (C=N–C) groups is 1. The Balaban J connectivity index is 1.53. The second-order valence-electron chi connectivity index (χ2n) is 6.75. The number of carbonyl (C=O) groups is 1. The van der Waals surface area contributed by atoms with Crippen LogP contribution in [-0.4, -0.2) is 58.2 Å². The molecular weight excluding hydrogens is 341 g/mol. The lowest BCUT2D eigenvalue weighted by atomic mass is 10.1. The SMILES string of the molecule is Cc1cc(F)cc(/C=C2\SC(N3CCN4CCC[C@H]4C3)=NC2=O)c1O. The molecule has 0 aliphatic carbocycles. The van der Waals surface area contributed by atoms with Crippen molar-refractivity contribution in [2.24, 2.45) is 4.99 Å². The number of phenols is 1. The van der Waals surface area contributed by atoms with Crippen molar-refractivity contribution in [3.8, 4) is 5.75 Å². The molecule has 0 unspecified atom stereocenters. The predicted octanol–water partition coefficient (Wildman–Crippen LogP) is 2.59. The third-order valence-corrected chi connectivity index (χ3v) is 6.09. The van der Waals surface area contributed by atoms with Crippen molar-refractivity contribution in [3.05, 3.63) is 34.0 Å². The summed E-state index contributed by atoms with van der Waals surface area (Å²) in [4.78, 5) is 21.5. The summed E-state index contributed by atoms with van der Waals surface area (Å²) in [7, 11) is 0. The Morgan fingerprint density at radius 2 is 2.20 bits per heavy atom. The van der Waals surface area contributed by atoms with Crippen LogP contribution in [0.25, 0.3) is 6.08 Å². The Labute approximate surface area is 150 Å². The average molecular weight is 361 g/mol. The molecule has 1 N–H and O–H groups in total. The van der Waals surface area contributed by atoms with Crippen molar-refractivity contribution in [3.63, 3.8) is 0 Å². The normalized spacial score (nSPS) is 25.6. The fraction of sp³-hybridized carbons (Fsp3) is 0.444. The molecule has 2 fully saturated rings. The van der Waals surface area contributed by atoms with Crippen LogP contribution < -0.4 is 0 Å². The number of aromatic hydroxyl groups is 1. The fourth-order valence-electron chi connectivity index (χ4n) is 3.71. The lowest BCUT2D eigenvalue weighted by molar-refractivity contribution is -0.113. The summed E-state index contributed by atoms with van der Waals surface area (Å²) in [5, 5.41) is 10.8. The minimum Gasteiger partial charge on any atom is -0.507 e. The Morgan fingerprint density at radius 3 is 3.04 bits per heavy atom. The lowest BCUT2D eigenvalue weighted by Crippen LogP contribution is -2.51. The third-order valence-electron chi connectivity index (χ3n) is 5.05. The summed E-state index contributed by atoms with van der Waals surface area (Å²) in [5.41, 5.74) is 0.756. The highest BCUT2D eigenvalue weighted by Crippen LogP contribution is 2.34. The van der Waals surface area contributed by atoms with Gasteiger partial charge in [0.25, 0.3) is 5.91 Å². The van der Waals surface area contributed by atoms with E-state index in [2.05, 4.69) is 14.8 Å².